The van der Waals surface area contributed by atoms with E-state index in [0.717, 1.165) is 28.4 Å². The lowest BCUT2D eigenvalue weighted by atomic mass is 10.2. The van der Waals surface area contributed by atoms with Gasteiger partial charge in [0.1, 0.15) is 5.76 Å². The van der Waals surface area contributed by atoms with Gasteiger partial charge >= 0.3 is 0 Å². The Morgan fingerprint density at radius 1 is 1.16 bits per heavy atom. The highest BCUT2D eigenvalue weighted by Crippen LogP contribution is 2.24. The van der Waals surface area contributed by atoms with Gasteiger partial charge < -0.3 is 9.84 Å². The molecule has 2 rings (SSSR count). The molecule has 0 unspecified atom stereocenters. The summed E-state index contributed by atoms with van der Waals surface area (Å²) in [5, 5.41) is 12.0. The lowest BCUT2D eigenvalue weighted by molar-refractivity contribution is 0.392. The Morgan fingerprint density at radius 3 is 2.32 bits per heavy atom. The summed E-state index contributed by atoms with van der Waals surface area (Å²) < 4.78 is 7.22. The molecule has 0 fully saturated rings. The van der Waals surface area contributed by atoms with Gasteiger partial charge in [-0.05, 0) is 41.5 Å². The SMILES string of the molecule is Cc1noc(C)c1CNc1c(C)nn(C(C)C)c1C. The first-order valence-corrected chi connectivity index (χ1v) is 6.63. The molecule has 0 saturated carbocycles. The minimum atomic E-state index is 0.369. The first-order valence-electron chi connectivity index (χ1n) is 6.63. The number of nitrogens with one attached hydrogen (secondary N) is 1. The lowest BCUT2D eigenvalue weighted by Gasteiger charge is -2.10. The summed E-state index contributed by atoms with van der Waals surface area (Å²) in [5.74, 6) is 0.872. The molecule has 0 radical (unpaired) electrons. The van der Waals surface area contributed by atoms with Crippen molar-refractivity contribution in [2.75, 3.05) is 5.32 Å². The van der Waals surface area contributed by atoms with Crippen LogP contribution in [0.25, 0.3) is 0 Å². The van der Waals surface area contributed by atoms with Gasteiger partial charge in [0.05, 0.1) is 22.8 Å². The van der Waals surface area contributed by atoms with Crippen molar-refractivity contribution in [3.05, 3.63) is 28.4 Å². The van der Waals surface area contributed by atoms with Crippen LogP contribution in [-0.2, 0) is 6.54 Å². The second-order valence-electron chi connectivity index (χ2n) is 5.24. The number of aromatic nitrogens is 3. The van der Waals surface area contributed by atoms with Gasteiger partial charge in [-0.1, -0.05) is 5.16 Å². The molecule has 0 saturated heterocycles. The van der Waals surface area contributed by atoms with Crippen LogP contribution in [0.15, 0.2) is 4.52 Å². The fraction of sp³-hybridized carbons (Fsp3) is 0.571. The molecular formula is C14H22N4O. The summed E-state index contributed by atoms with van der Waals surface area (Å²) >= 11 is 0. The van der Waals surface area contributed by atoms with Crippen molar-refractivity contribution in [3.8, 4) is 0 Å². The Kier molecular flexibility index (Phi) is 3.64. The van der Waals surface area contributed by atoms with E-state index in [-0.39, 0.29) is 0 Å². The Hall–Kier alpha value is -1.78. The van der Waals surface area contributed by atoms with Gasteiger partial charge in [-0.15, -0.1) is 0 Å². The van der Waals surface area contributed by atoms with Crippen molar-refractivity contribution >= 4 is 5.69 Å². The molecule has 0 spiro atoms. The highest BCUT2D eigenvalue weighted by molar-refractivity contribution is 5.52. The van der Waals surface area contributed by atoms with Gasteiger partial charge in [0.15, 0.2) is 0 Å². The topological polar surface area (TPSA) is 55.9 Å². The fourth-order valence-corrected chi connectivity index (χ4v) is 2.35. The third kappa shape index (κ3) is 2.50. The molecule has 0 bridgehead atoms. The van der Waals surface area contributed by atoms with E-state index in [1.807, 2.05) is 25.5 Å². The second kappa shape index (κ2) is 5.07. The highest BCUT2D eigenvalue weighted by Gasteiger charge is 2.15. The first-order chi connectivity index (χ1) is 8.91. The van der Waals surface area contributed by atoms with Crippen molar-refractivity contribution in [3.63, 3.8) is 0 Å². The average molecular weight is 262 g/mol. The van der Waals surface area contributed by atoms with E-state index in [9.17, 15) is 0 Å². The molecule has 0 aliphatic rings. The minimum absolute atomic E-state index is 0.369. The molecule has 1 N–H and O–H groups in total. The average Bonchev–Trinajstić information content (AvgIpc) is 2.80. The molecule has 104 valence electrons. The summed E-state index contributed by atoms with van der Waals surface area (Å²) in [6, 6.07) is 0.369. The van der Waals surface area contributed by atoms with Crippen molar-refractivity contribution in [1.29, 1.82) is 0 Å². The maximum atomic E-state index is 5.18. The van der Waals surface area contributed by atoms with E-state index in [1.165, 1.54) is 5.69 Å². The van der Waals surface area contributed by atoms with Gasteiger partial charge in [-0.3, -0.25) is 4.68 Å². The van der Waals surface area contributed by atoms with Crippen LogP contribution in [0.1, 0.15) is 48.3 Å². The summed E-state index contributed by atoms with van der Waals surface area (Å²) in [4.78, 5) is 0. The van der Waals surface area contributed by atoms with Crippen LogP contribution in [-0.4, -0.2) is 14.9 Å². The van der Waals surface area contributed by atoms with Crippen molar-refractivity contribution in [1.82, 2.24) is 14.9 Å². The normalized spacial score (nSPS) is 11.3. The van der Waals surface area contributed by atoms with Gasteiger partial charge in [-0.2, -0.15) is 5.10 Å². The van der Waals surface area contributed by atoms with Gasteiger partial charge in [0.2, 0.25) is 0 Å². The van der Waals surface area contributed by atoms with Crippen LogP contribution < -0.4 is 5.32 Å². The molecule has 5 nitrogen and oxygen atoms in total. The van der Waals surface area contributed by atoms with E-state index in [2.05, 4.69) is 36.3 Å². The fourth-order valence-electron chi connectivity index (χ4n) is 2.35. The van der Waals surface area contributed by atoms with E-state index < -0.39 is 0 Å². The number of hydrogen-bond acceptors (Lipinski definition) is 4. The number of aryl methyl sites for hydroxylation is 3. The second-order valence-corrected chi connectivity index (χ2v) is 5.24. The smallest absolute Gasteiger partial charge is 0.138 e. The standard InChI is InChI=1S/C14H22N4O/c1-8(2)18-11(5)14(10(4)16-18)15-7-13-9(3)17-19-12(13)6/h8,15H,7H2,1-6H3. The largest absolute Gasteiger partial charge is 0.378 e. The molecule has 2 heterocycles. The monoisotopic (exact) mass is 262 g/mol. The van der Waals surface area contributed by atoms with Crippen molar-refractivity contribution in [2.45, 2.75) is 54.1 Å². The van der Waals surface area contributed by atoms with Crippen LogP contribution in [0, 0.1) is 27.7 Å². The third-order valence-corrected chi connectivity index (χ3v) is 3.44. The predicted molar refractivity (Wildman–Crippen MR) is 75.4 cm³/mol. The van der Waals surface area contributed by atoms with Gasteiger partial charge in [0, 0.05) is 18.2 Å². The Balaban J connectivity index is 2.21. The van der Waals surface area contributed by atoms with E-state index >= 15 is 0 Å². The number of hydrogen-bond donors (Lipinski definition) is 1. The van der Waals surface area contributed by atoms with Crippen molar-refractivity contribution in [2.24, 2.45) is 0 Å². The zero-order valence-electron chi connectivity index (χ0n) is 12.5. The predicted octanol–water partition coefficient (Wildman–Crippen LogP) is 3.30. The summed E-state index contributed by atoms with van der Waals surface area (Å²) in [6.45, 7) is 13.0. The molecule has 0 aliphatic carbocycles. The zero-order valence-corrected chi connectivity index (χ0v) is 12.5. The van der Waals surface area contributed by atoms with Gasteiger partial charge in [0.25, 0.3) is 0 Å². The molecular weight excluding hydrogens is 240 g/mol. The minimum Gasteiger partial charge on any atom is -0.378 e. The molecule has 0 amide bonds. The van der Waals surface area contributed by atoms with E-state index in [4.69, 9.17) is 4.52 Å². The molecule has 0 aliphatic heterocycles. The van der Waals surface area contributed by atoms with Crippen LogP contribution in [0.3, 0.4) is 0 Å². The zero-order chi connectivity index (χ0) is 14.2. The summed E-state index contributed by atoms with van der Waals surface area (Å²) in [7, 11) is 0. The molecule has 2 aromatic rings. The van der Waals surface area contributed by atoms with Crippen LogP contribution >= 0.6 is 0 Å². The molecule has 19 heavy (non-hydrogen) atoms. The van der Waals surface area contributed by atoms with Crippen LogP contribution in [0.5, 0.6) is 0 Å². The third-order valence-electron chi connectivity index (χ3n) is 3.44. The highest BCUT2D eigenvalue weighted by atomic mass is 16.5. The molecule has 2 aromatic heterocycles. The lowest BCUT2D eigenvalue weighted by Crippen LogP contribution is -2.06. The first kappa shape index (κ1) is 13.6. The molecule has 0 atom stereocenters. The maximum Gasteiger partial charge on any atom is 0.138 e. The van der Waals surface area contributed by atoms with Gasteiger partial charge in [-0.25, -0.2) is 0 Å². The van der Waals surface area contributed by atoms with Crippen LogP contribution in [0.4, 0.5) is 5.69 Å². The van der Waals surface area contributed by atoms with E-state index in [1.54, 1.807) is 0 Å². The Morgan fingerprint density at radius 2 is 1.84 bits per heavy atom. The summed E-state index contributed by atoms with van der Waals surface area (Å²) in [6.07, 6.45) is 0. The molecule has 5 heteroatoms. The summed E-state index contributed by atoms with van der Waals surface area (Å²) in [5.41, 5.74) is 5.36. The van der Waals surface area contributed by atoms with E-state index in [0.29, 0.717) is 12.6 Å². The van der Waals surface area contributed by atoms with Crippen LogP contribution in [0.2, 0.25) is 0 Å². The maximum absolute atomic E-state index is 5.18. The number of rotatable bonds is 4. The number of anilines is 1. The Labute approximate surface area is 114 Å². The number of nitrogens with zero attached hydrogens (tertiary/aromatic N) is 3. The quantitative estimate of drug-likeness (QED) is 0.918. The Bertz CT molecular complexity index is 561. The van der Waals surface area contributed by atoms with Crippen molar-refractivity contribution < 1.29 is 4.52 Å². The molecule has 0 aromatic carbocycles.